The highest BCUT2D eigenvalue weighted by Gasteiger charge is 2.18. The molecular formula is C12H18BrNOS. The van der Waals surface area contributed by atoms with Gasteiger partial charge in [-0.25, -0.2) is 0 Å². The number of piperidine rings is 1. The van der Waals surface area contributed by atoms with E-state index in [0.29, 0.717) is 6.61 Å². The van der Waals surface area contributed by atoms with Crippen molar-refractivity contribution in [1.29, 1.82) is 0 Å². The Morgan fingerprint density at radius 3 is 2.69 bits per heavy atom. The third-order valence-corrected chi connectivity index (χ3v) is 4.86. The summed E-state index contributed by atoms with van der Waals surface area (Å²) in [6.07, 6.45) is 3.47. The molecule has 0 atom stereocenters. The van der Waals surface area contributed by atoms with E-state index in [-0.39, 0.29) is 0 Å². The van der Waals surface area contributed by atoms with E-state index < -0.39 is 0 Å². The Bertz CT molecular complexity index is 321. The fourth-order valence-corrected chi connectivity index (χ4v) is 3.80. The molecule has 1 aliphatic rings. The van der Waals surface area contributed by atoms with Gasteiger partial charge >= 0.3 is 0 Å². The molecule has 90 valence electrons. The van der Waals surface area contributed by atoms with Crippen LogP contribution in [0.3, 0.4) is 0 Å². The molecule has 0 radical (unpaired) electrons. The Balaban J connectivity index is 1.77. The van der Waals surface area contributed by atoms with Crippen molar-refractivity contribution in [3.05, 3.63) is 20.8 Å². The SMILES string of the molecule is OCCC1CCN(Cc2ccc(Br)s2)CC1. The Morgan fingerprint density at radius 2 is 2.12 bits per heavy atom. The number of aliphatic hydroxyl groups is 1. The van der Waals surface area contributed by atoms with E-state index in [1.165, 1.54) is 34.6 Å². The highest BCUT2D eigenvalue weighted by molar-refractivity contribution is 9.11. The summed E-state index contributed by atoms with van der Waals surface area (Å²) in [5.41, 5.74) is 0. The molecule has 16 heavy (non-hydrogen) atoms. The number of aliphatic hydroxyl groups excluding tert-OH is 1. The second-order valence-electron chi connectivity index (χ2n) is 4.44. The summed E-state index contributed by atoms with van der Waals surface area (Å²) in [4.78, 5) is 3.96. The average molecular weight is 304 g/mol. The average Bonchev–Trinajstić information content (AvgIpc) is 2.67. The molecule has 0 aromatic carbocycles. The Labute approximate surface area is 109 Å². The number of hydrogen-bond acceptors (Lipinski definition) is 3. The van der Waals surface area contributed by atoms with Crippen LogP contribution in [0.4, 0.5) is 0 Å². The number of halogens is 1. The van der Waals surface area contributed by atoms with Crippen molar-refractivity contribution in [1.82, 2.24) is 4.90 Å². The first-order chi connectivity index (χ1) is 7.78. The molecule has 0 aliphatic carbocycles. The largest absolute Gasteiger partial charge is 0.396 e. The van der Waals surface area contributed by atoms with Gasteiger partial charge < -0.3 is 5.11 Å². The van der Waals surface area contributed by atoms with Crippen molar-refractivity contribution < 1.29 is 5.11 Å². The lowest BCUT2D eigenvalue weighted by atomic mass is 9.94. The normalized spacial score (nSPS) is 19.1. The van der Waals surface area contributed by atoms with E-state index in [4.69, 9.17) is 5.11 Å². The molecule has 1 aliphatic heterocycles. The van der Waals surface area contributed by atoms with Crippen molar-refractivity contribution in [2.24, 2.45) is 5.92 Å². The quantitative estimate of drug-likeness (QED) is 0.924. The van der Waals surface area contributed by atoms with E-state index in [1.807, 2.05) is 11.3 Å². The number of thiophene rings is 1. The van der Waals surface area contributed by atoms with Gasteiger partial charge in [-0.15, -0.1) is 11.3 Å². The van der Waals surface area contributed by atoms with E-state index >= 15 is 0 Å². The van der Waals surface area contributed by atoms with Crippen molar-refractivity contribution in [2.45, 2.75) is 25.8 Å². The van der Waals surface area contributed by atoms with Gasteiger partial charge in [-0.05, 0) is 66.3 Å². The Hall–Kier alpha value is 0.1000. The van der Waals surface area contributed by atoms with Gasteiger partial charge in [0.25, 0.3) is 0 Å². The number of nitrogens with zero attached hydrogens (tertiary/aromatic N) is 1. The van der Waals surface area contributed by atoms with Crippen LogP contribution in [0.5, 0.6) is 0 Å². The summed E-state index contributed by atoms with van der Waals surface area (Å²) in [7, 11) is 0. The van der Waals surface area contributed by atoms with Crippen LogP contribution in [0.2, 0.25) is 0 Å². The standard InChI is InChI=1S/C12H18BrNOS/c13-12-2-1-11(16-12)9-14-6-3-10(4-7-14)5-8-15/h1-2,10,15H,3-9H2. The summed E-state index contributed by atoms with van der Waals surface area (Å²) in [6.45, 7) is 3.80. The second kappa shape index (κ2) is 6.15. The molecular weight excluding hydrogens is 286 g/mol. The van der Waals surface area contributed by atoms with Gasteiger partial charge in [0, 0.05) is 18.0 Å². The van der Waals surface area contributed by atoms with Crippen LogP contribution in [0.1, 0.15) is 24.1 Å². The van der Waals surface area contributed by atoms with E-state index in [9.17, 15) is 0 Å². The first-order valence-corrected chi connectivity index (χ1v) is 7.46. The molecule has 1 fully saturated rings. The number of likely N-dealkylation sites (tertiary alicyclic amines) is 1. The summed E-state index contributed by atoms with van der Waals surface area (Å²) < 4.78 is 1.22. The molecule has 2 rings (SSSR count). The molecule has 1 aromatic heterocycles. The monoisotopic (exact) mass is 303 g/mol. The summed E-state index contributed by atoms with van der Waals surface area (Å²) in [5.74, 6) is 0.747. The minimum Gasteiger partial charge on any atom is -0.396 e. The maximum absolute atomic E-state index is 8.91. The minimum absolute atomic E-state index is 0.350. The fourth-order valence-electron chi connectivity index (χ4n) is 2.27. The first-order valence-electron chi connectivity index (χ1n) is 5.85. The first kappa shape index (κ1) is 12.6. The van der Waals surface area contributed by atoms with E-state index in [2.05, 4.69) is 33.0 Å². The van der Waals surface area contributed by atoms with Crippen molar-refractivity contribution in [3.8, 4) is 0 Å². The number of hydrogen-bond donors (Lipinski definition) is 1. The predicted octanol–water partition coefficient (Wildman–Crippen LogP) is 3.11. The molecule has 0 amide bonds. The van der Waals surface area contributed by atoms with Gasteiger partial charge in [-0.2, -0.15) is 0 Å². The lowest BCUT2D eigenvalue weighted by molar-refractivity contribution is 0.154. The smallest absolute Gasteiger partial charge is 0.0701 e. The minimum atomic E-state index is 0.350. The Morgan fingerprint density at radius 1 is 1.38 bits per heavy atom. The van der Waals surface area contributed by atoms with Gasteiger partial charge in [0.2, 0.25) is 0 Å². The molecule has 1 aromatic rings. The van der Waals surface area contributed by atoms with Crippen molar-refractivity contribution in [3.63, 3.8) is 0 Å². The molecule has 0 bridgehead atoms. The zero-order valence-corrected chi connectivity index (χ0v) is 11.8. The summed E-state index contributed by atoms with van der Waals surface area (Å²) >= 11 is 5.33. The van der Waals surface area contributed by atoms with Gasteiger partial charge in [-0.1, -0.05) is 0 Å². The van der Waals surface area contributed by atoms with Gasteiger partial charge in [0.15, 0.2) is 0 Å². The molecule has 0 unspecified atom stereocenters. The lowest BCUT2D eigenvalue weighted by Gasteiger charge is -2.31. The van der Waals surface area contributed by atoms with E-state index in [0.717, 1.165) is 18.9 Å². The van der Waals surface area contributed by atoms with E-state index in [1.54, 1.807) is 0 Å². The predicted molar refractivity (Wildman–Crippen MR) is 71.7 cm³/mol. The topological polar surface area (TPSA) is 23.5 Å². The Kier molecular flexibility index (Phi) is 4.82. The molecule has 1 N–H and O–H groups in total. The fraction of sp³-hybridized carbons (Fsp3) is 0.667. The molecule has 0 saturated carbocycles. The maximum atomic E-state index is 8.91. The second-order valence-corrected chi connectivity index (χ2v) is 6.99. The van der Waals surface area contributed by atoms with Crippen LogP contribution in [0.15, 0.2) is 15.9 Å². The zero-order chi connectivity index (χ0) is 11.4. The maximum Gasteiger partial charge on any atom is 0.0701 e. The zero-order valence-electron chi connectivity index (χ0n) is 9.36. The lowest BCUT2D eigenvalue weighted by Crippen LogP contribution is -2.33. The van der Waals surface area contributed by atoms with Gasteiger partial charge in [0.1, 0.15) is 0 Å². The van der Waals surface area contributed by atoms with Crippen LogP contribution in [-0.2, 0) is 6.54 Å². The van der Waals surface area contributed by atoms with Crippen LogP contribution in [0, 0.1) is 5.92 Å². The third-order valence-electron chi connectivity index (χ3n) is 3.25. The summed E-state index contributed by atoms with van der Waals surface area (Å²) in [6, 6.07) is 4.33. The van der Waals surface area contributed by atoms with Crippen molar-refractivity contribution >= 4 is 27.3 Å². The van der Waals surface area contributed by atoms with Crippen LogP contribution >= 0.6 is 27.3 Å². The highest BCUT2D eigenvalue weighted by Crippen LogP contribution is 2.26. The molecule has 2 nitrogen and oxygen atoms in total. The molecule has 0 spiro atoms. The molecule has 2 heterocycles. The highest BCUT2D eigenvalue weighted by atomic mass is 79.9. The molecule has 4 heteroatoms. The third kappa shape index (κ3) is 3.55. The van der Waals surface area contributed by atoms with Crippen LogP contribution in [0.25, 0.3) is 0 Å². The van der Waals surface area contributed by atoms with Gasteiger partial charge in [-0.3, -0.25) is 4.90 Å². The summed E-state index contributed by atoms with van der Waals surface area (Å²) in [5, 5.41) is 8.91. The van der Waals surface area contributed by atoms with Crippen LogP contribution < -0.4 is 0 Å². The van der Waals surface area contributed by atoms with Crippen molar-refractivity contribution in [2.75, 3.05) is 19.7 Å². The molecule has 1 saturated heterocycles. The van der Waals surface area contributed by atoms with Crippen LogP contribution in [-0.4, -0.2) is 29.7 Å². The number of rotatable bonds is 4. The van der Waals surface area contributed by atoms with Gasteiger partial charge in [0.05, 0.1) is 3.79 Å².